The van der Waals surface area contributed by atoms with Crippen LogP contribution in [0.25, 0.3) is 0 Å². The van der Waals surface area contributed by atoms with Gasteiger partial charge in [-0.15, -0.1) is 0 Å². The lowest BCUT2D eigenvalue weighted by molar-refractivity contribution is -0.114. The molecule has 0 aliphatic carbocycles. The second-order valence-electron chi connectivity index (χ2n) is 5.28. The number of anilines is 1. The fraction of sp³-hybridized carbons (Fsp3) is 0.250. The molecule has 0 saturated heterocycles. The Bertz CT molecular complexity index is 649. The summed E-state index contributed by atoms with van der Waals surface area (Å²) < 4.78 is 0. The standard InChI is InChI=1S/C16H17N3O2/c1-11(20)19-12-7-8-13(18-10-12)15(21)16(2,3)14-6-4-5-9-17-14/h4-10H,1-3H3,(H,19,20). The van der Waals surface area contributed by atoms with Gasteiger partial charge in [-0.25, -0.2) is 0 Å². The van der Waals surface area contributed by atoms with Gasteiger partial charge < -0.3 is 5.32 Å². The van der Waals surface area contributed by atoms with Gasteiger partial charge in [-0.2, -0.15) is 0 Å². The summed E-state index contributed by atoms with van der Waals surface area (Å²) in [5, 5.41) is 2.62. The molecule has 0 saturated carbocycles. The zero-order chi connectivity index (χ0) is 15.5. The molecule has 0 atom stereocenters. The van der Waals surface area contributed by atoms with Gasteiger partial charge in [-0.05, 0) is 38.1 Å². The molecule has 0 aliphatic heterocycles. The Morgan fingerprint density at radius 3 is 2.38 bits per heavy atom. The van der Waals surface area contributed by atoms with Crippen LogP contribution < -0.4 is 5.32 Å². The molecule has 1 amide bonds. The minimum Gasteiger partial charge on any atom is -0.325 e. The Balaban J connectivity index is 2.25. The van der Waals surface area contributed by atoms with Crippen LogP contribution in [0, 0.1) is 0 Å². The average Bonchev–Trinajstić information content (AvgIpc) is 2.47. The summed E-state index contributed by atoms with van der Waals surface area (Å²) in [7, 11) is 0. The van der Waals surface area contributed by atoms with Crippen molar-refractivity contribution in [3.8, 4) is 0 Å². The molecule has 5 heteroatoms. The Kier molecular flexibility index (Phi) is 4.12. The Labute approximate surface area is 123 Å². The third-order valence-corrected chi connectivity index (χ3v) is 3.19. The van der Waals surface area contributed by atoms with Crippen molar-refractivity contribution in [3.05, 3.63) is 54.1 Å². The van der Waals surface area contributed by atoms with Crippen LogP contribution in [-0.2, 0) is 10.2 Å². The largest absolute Gasteiger partial charge is 0.325 e. The van der Waals surface area contributed by atoms with Gasteiger partial charge >= 0.3 is 0 Å². The number of hydrogen-bond donors (Lipinski definition) is 1. The molecular weight excluding hydrogens is 266 g/mol. The highest BCUT2D eigenvalue weighted by atomic mass is 16.1. The SMILES string of the molecule is CC(=O)Nc1ccc(C(=O)C(C)(C)c2ccccn2)nc1. The number of nitrogens with one attached hydrogen (secondary N) is 1. The van der Waals surface area contributed by atoms with Crippen molar-refractivity contribution in [2.45, 2.75) is 26.2 Å². The number of Topliss-reactive ketones (excluding diaryl/α,β-unsaturated/α-hetero) is 1. The molecule has 0 unspecified atom stereocenters. The molecule has 0 aliphatic rings. The Morgan fingerprint density at radius 1 is 1.10 bits per heavy atom. The van der Waals surface area contributed by atoms with E-state index in [0.717, 1.165) is 0 Å². The first-order valence-corrected chi connectivity index (χ1v) is 6.61. The molecule has 2 aromatic rings. The van der Waals surface area contributed by atoms with Gasteiger partial charge in [0, 0.05) is 13.1 Å². The van der Waals surface area contributed by atoms with Crippen LogP contribution in [-0.4, -0.2) is 21.7 Å². The van der Waals surface area contributed by atoms with Crippen molar-refractivity contribution < 1.29 is 9.59 Å². The predicted octanol–water partition coefficient (Wildman–Crippen LogP) is 2.60. The van der Waals surface area contributed by atoms with Crippen LogP contribution >= 0.6 is 0 Å². The first-order valence-electron chi connectivity index (χ1n) is 6.61. The number of hydrogen-bond acceptors (Lipinski definition) is 4. The first-order chi connectivity index (χ1) is 9.91. The van der Waals surface area contributed by atoms with Gasteiger partial charge in [0.15, 0.2) is 5.78 Å². The second-order valence-corrected chi connectivity index (χ2v) is 5.28. The van der Waals surface area contributed by atoms with E-state index in [1.165, 1.54) is 13.1 Å². The normalized spacial score (nSPS) is 11.0. The predicted molar refractivity (Wildman–Crippen MR) is 80.1 cm³/mol. The first kappa shape index (κ1) is 14.8. The fourth-order valence-electron chi connectivity index (χ4n) is 1.97. The smallest absolute Gasteiger partial charge is 0.221 e. The highest BCUT2D eigenvalue weighted by molar-refractivity contribution is 6.02. The molecule has 21 heavy (non-hydrogen) atoms. The topological polar surface area (TPSA) is 72.0 Å². The maximum Gasteiger partial charge on any atom is 0.221 e. The summed E-state index contributed by atoms with van der Waals surface area (Å²) in [5.74, 6) is -0.291. The Morgan fingerprint density at radius 2 is 1.86 bits per heavy atom. The van der Waals surface area contributed by atoms with Crippen LogP contribution in [0.2, 0.25) is 0 Å². The lowest BCUT2D eigenvalue weighted by Crippen LogP contribution is -2.30. The summed E-state index contributed by atoms with van der Waals surface area (Å²) in [5.41, 5.74) is 0.848. The molecule has 2 aromatic heterocycles. The number of pyridine rings is 2. The molecule has 2 rings (SSSR count). The maximum absolute atomic E-state index is 12.6. The van der Waals surface area contributed by atoms with E-state index in [-0.39, 0.29) is 11.7 Å². The zero-order valence-corrected chi connectivity index (χ0v) is 12.3. The number of amides is 1. The van der Waals surface area contributed by atoms with Crippen LogP contribution in [0.1, 0.15) is 37.0 Å². The van der Waals surface area contributed by atoms with E-state index in [4.69, 9.17) is 0 Å². The number of ketones is 1. The quantitative estimate of drug-likeness (QED) is 0.875. The lowest BCUT2D eigenvalue weighted by atomic mass is 9.82. The molecule has 1 N–H and O–H groups in total. The van der Waals surface area contributed by atoms with Crippen LogP contribution in [0.5, 0.6) is 0 Å². The number of aromatic nitrogens is 2. The van der Waals surface area contributed by atoms with E-state index in [2.05, 4.69) is 15.3 Å². The summed E-state index contributed by atoms with van der Waals surface area (Å²) >= 11 is 0. The number of rotatable bonds is 4. The Hall–Kier alpha value is -2.56. The van der Waals surface area contributed by atoms with E-state index in [0.29, 0.717) is 17.1 Å². The number of nitrogens with zero attached hydrogens (tertiary/aromatic N) is 2. The van der Waals surface area contributed by atoms with E-state index < -0.39 is 5.41 Å². The van der Waals surface area contributed by atoms with Gasteiger partial charge in [-0.3, -0.25) is 19.6 Å². The molecule has 2 heterocycles. The third kappa shape index (κ3) is 3.31. The van der Waals surface area contributed by atoms with Crippen molar-refractivity contribution in [2.75, 3.05) is 5.32 Å². The van der Waals surface area contributed by atoms with Crippen molar-refractivity contribution in [3.63, 3.8) is 0 Å². The lowest BCUT2D eigenvalue weighted by Gasteiger charge is -2.21. The van der Waals surface area contributed by atoms with Gasteiger partial charge in [0.25, 0.3) is 0 Å². The summed E-state index contributed by atoms with van der Waals surface area (Å²) in [6, 6.07) is 8.76. The second kappa shape index (κ2) is 5.83. The molecule has 0 spiro atoms. The third-order valence-electron chi connectivity index (χ3n) is 3.19. The van der Waals surface area contributed by atoms with Crippen LogP contribution in [0.3, 0.4) is 0 Å². The highest BCUT2D eigenvalue weighted by Gasteiger charge is 2.32. The maximum atomic E-state index is 12.6. The molecule has 0 aromatic carbocycles. The van der Waals surface area contributed by atoms with E-state index in [9.17, 15) is 9.59 Å². The van der Waals surface area contributed by atoms with Gasteiger partial charge in [-0.1, -0.05) is 6.07 Å². The van der Waals surface area contributed by atoms with Crippen molar-refractivity contribution in [1.29, 1.82) is 0 Å². The molecule has 0 radical (unpaired) electrons. The summed E-state index contributed by atoms with van der Waals surface area (Å²) in [4.78, 5) is 32.0. The molecule has 108 valence electrons. The van der Waals surface area contributed by atoms with Gasteiger partial charge in [0.2, 0.25) is 5.91 Å². The van der Waals surface area contributed by atoms with E-state index >= 15 is 0 Å². The van der Waals surface area contributed by atoms with E-state index in [1.54, 1.807) is 18.3 Å². The number of carbonyl (C=O) groups is 2. The molecular formula is C16H17N3O2. The van der Waals surface area contributed by atoms with Crippen LogP contribution in [0.4, 0.5) is 5.69 Å². The molecule has 0 bridgehead atoms. The molecule has 0 fully saturated rings. The van der Waals surface area contributed by atoms with Crippen molar-refractivity contribution in [2.24, 2.45) is 0 Å². The van der Waals surface area contributed by atoms with Crippen molar-refractivity contribution >= 4 is 17.4 Å². The summed E-state index contributed by atoms with van der Waals surface area (Å²) in [6.07, 6.45) is 3.14. The zero-order valence-electron chi connectivity index (χ0n) is 12.3. The van der Waals surface area contributed by atoms with Crippen molar-refractivity contribution in [1.82, 2.24) is 9.97 Å². The minimum absolute atomic E-state index is 0.115. The van der Waals surface area contributed by atoms with Gasteiger partial charge in [0.05, 0.1) is 23.0 Å². The van der Waals surface area contributed by atoms with E-state index in [1.807, 2.05) is 32.0 Å². The monoisotopic (exact) mass is 283 g/mol. The fourth-order valence-corrected chi connectivity index (χ4v) is 1.97. The molecule has 5 nitrogen and oxygen atoms in total. The van der Waals surface area contributed by atoms with Gasteiger partial charge in [0.1, 0.15) is 5.69 Å². The number of carbonyl (C=O) groups excluding carboxylic acids is 2. The summed E-state index contributed by atoms with van der Waals surface area (Å²) in [6.45, 7) is 5.06. The van der Waals surface area contributed by atoms with Crippen LogP contribution in [0.15, 0.2) is 42.7 Å². The average molecular weight is 283 g/mol. The minimum atomic E-state index is -0.760. The highest BCUT2D eigenvalue weighted by Crippen LogP contribution is 2.25.